The third kappa shape index (κ3) is 5.23. The number of carbonyl (C=O) groups excluding carboxylic acids is 1. The highest BCUT2D eigenvalue weighted by Gasteiger charge is 2.31. The van der Waals surface area contributed by atoms with E-state index in [0.717, 1.165) is 29.9 Å². The predicted octanol–water partition coefficient (Wildman–Crippen LogP) is 4.00. The summed E-state index contributed by atoms with van der Waals surface area (Å²) in [6.45, 7) is 0.605. The van der Waals surface area contributed by atoms with Gasteiger partial charge in [0.25, 0.3) is 0 Å². The molecule has 0 saturated carbocycles. The number of carbonyl (C=O) groups is 1. The maximum absolute atomic E-state index is 12.6. The van der Waals surface area contributed by atoms with Crippen molar-refractivity contribution in [1.82, 2.24) is 9.88 Å². The Morgan fingerprint density at radius 3 is 2.53 bits per heavy atom. The van der Waals surface area contributed by atoms with Crippen LogP contribution in [0, 0.1) is 11.3 Å². The number of nitriles is 1. The molecule has 1 unspecified atom stereocenters. The van der Waals surface area contributed by atoms with Gasteiger partial charge in [-0.25, -0.2) is 4.98 Å². The Hall–Kier alpha value is -3.89. The first-order valence-corrected chi connectivity index (χ1v) is 10.6. The van der Waals surface area contributed by atoms with Gasteiger partial charge in [0.05, 0.1) is 12.1 Å². The number of hydrogen-bond acceptors (Lipinski definition) is 6. The van der Waals surface area contributed by atoms with E-state index >= 15 is 0 Å². The normalized spacial score (nSPS) is 16.2. The van der Waals surface area contributed by atoms with Crippen molar-refractivity contribution >= 4 is 17.4 Å². The number of ether oxygens (including phenoxy) is 1. The number of rotatable bonds is 7. The van der Waals surface area contributed by atoms with E-state index in [1.807, 2.05) is 66.7 Å². The Labute approximate surface area is 187 Å². The summed E-state index contributed by atoms with van der Waals surface area (Å²) in [5.41, 5.74) is 8.00. The SMILES string of the molecule is N#C[C@@H]1CCCN1C(=O)C(N)Cc1ccc(Oc2ccc(Nc3ccccn3)cc2)cc1. The minimum atomic E-state index is -0.658. The zero-order valence-corrected chi connectivity index (χ0v) is 17.6. The molecule has 2 aromatic carbocycles. The van der Waals surface area contributed by atoms with Crippen LogP contribution in [-0.4, -0.2) is 34.4 Å². The summed E-state index contributed by atoms with van der Waals surface area (Å²) in [4.78, 5) is 18.4. The highest BCUT2D eigenvalue weighted by Crippen LogP contribution is 2.25. The molecule has 3 N–H and O–H groups in total. The molecule has 3 aromatic rings. The van der Waals surface area contributed by atoms with Crippen LogP contribution < -0.4 is 15.8 Å². The van der Waals surface area contributed by atoms with Gasteiger partial charge in [-0.1, -0.05) is 18.2 Å². The van der Waals surface area contributed by atoms with Gasteiger partial charge in [-0.2, -0.15) is 5.26 Å². The van der Waals surface area contributed by atoms with Crippen molar-refractivity contribution in [2.45, 2.75) is 31.3 Å². The fraction of sp³-hybridized carbons (Fsp3) is 0.240. The Balaban J connectivity index is 1.32. The lowest BCUT2D eigenvalue weighted by Gasteiger charge is -2.23. The highest BCUT2D eigenvalue weighted by molar-refractivity contribution is 5.82. The minimum Gasteiger partial charge on any atom is -0.457 e. The van der Waals surface area contributed by atoms with Crippen LogP contribution in [0.2, 0.25) is 0 Å². The Kier molecular flexibility index (Phi) is 6.63. The maximum atomic E-state index is 12.6. The number of nitrogens with zero attached hydrogens (tertiary/aromatic N) is 3. The number of pyridine rings is 1. The standard InChI is InChI=1S/C25H25N5O2/c26-17-20-4-3-15-30(20)25(31)23(27)16-18-6-10-21(11-7-18)32-22-12-8-19(9-13-22)29-24-5-1-2-14-28-24/h1-2,5-14,20,23H,3-4,15-16,27H2,(H,28,29)/t20-,23?/m0/s1. The molecule has 1 aliphatic rings. The molecular formula is C25H25N5O2. The number of hydrogen-bond donors (Lipinski definition) is 2. The molecule has 1 fully saturated rings. The summed E-state index contributed by atoms with van der Waals surface area (Å²) in [5, 5.41) is 12.4. The van der Waals surface area contributed by atoms with Gasteiger partial charge < -0.3 is 20.7 Å². The molecular weight excluding hydrogens is 402 g/mol. The van der Waals surface area contributed by atoms with Crippen molar-refractivity contribution < 1.29 is 9.53 Å². The lowest BCUT2D eigenvalue weighted by molar-refractivity contribution is -0.132. The van der Waals surface area contributed by atoms with Crippen LogP contribution >= 0.6 is 0 Å². The monoisotopic (exact) mass is 427 g/mol. The van der Waals surface area contributed by atoms with E-state index < -0.39 is 6.04 Å². The molecule has 0 bridgehead atoms. The summed E-state index contributed by atoms with van der Waals surface area (Å²) < 4.78 is 5.92. The van der Waals surface area contributed by atoms with Crippen molar-refractivity contribution in [2.75, 3.05) is 11.9 Å². The first kappa shape index (κ1) is 21.3. The van der Waals surface area contributed by atoms with Gasteiger partial charge in [0.1, 0.15) is 23.4 Å². The summed E-state index contributed by atoms with van der Waals surface area (Å²) in [5.74, 6) is 2.03. The van der Waals surface area contributed by atoms with Crippen LogP contribution in [0.5, 0.6) is 11.5 Å². The molecule has 7 heteroatoms. The molecule has 1 aliphatic heterocycles. The number of amides is 1. The topological polar surface area (TPSA) is 104 Å². The van der Waals surface area contributed by atoms with Crippen molar-refractivity contribution in [3.05, 3.63) is 78.5 Å². The van der Waals surface area contributed by atoms with Crippen molar-refractivity contribution in [1.29, 1.82) is 5.26 Å². The summed E-state index contributed by atoms with van der Waals surface area (Å²) in [7, 11) is 0. The van der Waals surface area contributed by atoms with Gasteiger partial charge in [0.2, 0.25) is 5.91 Å². The Bertz CT molecular complexity index is 1080. The molecule has 0 radical (unpaired) electrons. The van der Waals surface area contributed by atoms with Crippen molar-refractivity contribution in [3.63, 3.8) is 0 Å². The Morgan fingerprint density at radius 1 is 1.16 bits per heavy atom. The van der Waals surface area contributed by atoms with E-state index in [-0.39, 0.29) is 11.9 Å². The molecule has 2 atom stereocenters. The molecule has 1 saturated heterocycles. The van der Waals surface area contributed by atoms with Crippen LogP contribution in [0.3, 0.4) is 0 Å². The summed E-state index contributed by atoms with van der Waals surface area (Å²) in [6.07, 6.45) is 3.73. The number of nitrogens with two attached hydrogens (primary N) is 1. The number of aromatic nitrogens is 1. The first-order chi connectivity index (χ1) is 15.6. The fourth-order valence-corrected chi connectivity index (χ4v) is 3.74. The number of anilines is 2. The molecule has 0 aliphatic carbocycles. The average Bonchev–Trinajstić information content (AvgIpc) is 3.31. The smallest absolute Gasteiger partial charge is 0.240 e. The lowest BCUT2D eigenvalue weighted by atomic mass is 10.0. The maximum Gasteiger partial charge on any atom is 0.240 e. The van der Waals surface area contributed by atoms with Crippen LogP contribution in [0.15, 0.2) is 72.9 Å². The zero-order chi connectivity index (χ0) is 22.3. The van der Waals surface area contributed by atoms with E-state index in [1.165, 1.54) is 0 Å². The fourth-order valence-electron chi connectivity index (χ4n) is 3.74. The quantitative estimate of drug-likeness (QED) is 0.591. The number of benzene rings is 2. The molecule has 2 heterocycles. The van der Waals surface area contributed by atoms with Gasteiger partial charge in [-0.15, -0.1) is 0 Å². The molecule has 0 spiro atoms. The van der Waals surface area contributed by atoms with Crippen LogP contribution in [0.25, 0.3) is 0 Å². The molecule has 1 amide bonds. The van der Waals surface area contributed by atoms with E-state index in [1.54, 1.807) is 11.1 Å². The molecule has 4 rings (SSSR count). The van der Waals surface area contributed by atoms with Gasteiger partial charge in [-0.3, -0.25) is 4.79 Å². The van der Waals surface area contributed by atoms with Crippen LogP contribution in [0.1, 0.15) is 18.4 Å². The van der Waals surface area contributed by atoms with E-state index in [2.05, 4.69) is 16.4 Å². The zero-order valence-electron chi connectivity index (χ0n) is 17.6. The van der Waals surface area contributed by atoms with E-state index in [9.17, 15) is 10.1 Å². The summed E-state index contributed by atoms with van der Waals surface area (Å²) >= 11 is 0. The van der Waals surface area contributed by atoms with Gasteiger partial charge in [0.15, 0.2) is 0 Å². The number of likely N-dealkylation sites (tertiary alicyclic amines) is 1. The second-order valence-electron chi connectivity index (χ2n) is 7.74. The van der Waals surface area contributed by atoms with E-state index in [4.69, 9.17) is 10.5 Å². The molecule has 7 nitrogen and oxygen atoms in total. The largest absolute Gasteiger partial charge is 0.457 e. The second kappa shape index (κ2) is 9.94. The third-order valence-electron chi connectivity index (χ3n) is 5.41. The minimum absolute atomic E-state index is 0.159. The van der Waals surface area contributed by atoms with Crippen molar-refractivity contribution in [2.24, 2.45) is 5.73 Å². The highest BCUT2D eigenvalue weighted by atomic mass is 16.5. The third-order valence-corrected chi connectivity index (χ3v) is 5.41. The molecule has 32 heavy (non-hydrogen) atoms. The average molecular weight is 428 g/mol. The van der Waals surface area contributed by atoms with Gasteiger partial charge in [-0.05, 0) is 73.4 Å². The van der Waals surface area contributed by atoms with Crippen LogP contribution in [0.4, 0.5) is 11.5 Å². The second-order valence-corrected chi connectivity index (χ2v) is 7.74. The summed E-state index contributed by atoms with van der Waals surface area (Å²) in [6, 6.07) is 22.0. The van der Waals surface area contributed by atoms with Gasteiger partial charge >= 0.3 is 0 Å². The number of nitrogens with one attached hydrogen (secondary N) is 1. The van der Waals surface area contributed by atoms with Crippen molar-refractivity contribution in [3.8, 4) is 17.6 Å². The molecule has 162 valence electrons. The van der Waals surface area contributed by atoms with E-state index in [0.29, 0.717) is 24.5 Å². The predicted molar refractivity (Wildman–Crippen MR) is 123 cm³/mol. The first-order valence-electron chi connectivity index (χ1n) is 10.6. The van der Waals surface area contributed by atoms with Crippen LogP contribution in [-0.2, 0) is 11.2 Å². The lowest BCUT2D eigenvalue weighted by Crippen LogP contribution is -2.46. The Morgan fingerprint density at radius 2 is 1.88 bits per heavy atom. The van der Waals surface area contributed by atoms with Gasteiger partial charge in [0, 0.05) is 18.4 Å². The molecule has 1 aromatic heterocycles.